The van der Waals surface area contributed by atoms with Gasteiger partial charge in [-0.1, -0.05) is 164 Å². The number of hydrogen-bond acceptors (Lipinski definition) is 3. The van der Waals surface area contributed by atoms with Gasteiger partial charge in [0.1, 0.15) is 17.3 Å². The average Bonchev–Trinajstić information content (AvgIpc) is 2.88. The summed E-state index contributed by atoms with van der Waals surface area (Å²) >= 11 is 0. The molecule has 0 radical (unpaired) electrons. The Bertz CT molecular complexity index is 1260. The summed E-state index contributed by atoms with van der Waals surface area (Å²) in [5.41, 5.74) is 3.97. The fourth-order valence-electron chi connectivity index (χ4n) is 6.62. The summed E-state index contributed by atoms with van der Waals surface area (Å²) in [6, 6.07) is 0. The summed E-state index contributed by atoms with van der Waals surface area (Å²) in [7, 11) is -1.85. The average molecular weight is 695 g/mol. The molecular weight excluding hydrogens is 619 g/mol. The van der Waals surface area contributed by atoms with Crippen molar-refractivity contribution < 1.29 is 13.6 Å². The molecule has 0 aromatic carbocycles. The molecule has 0 bridgehead atoms. The van der Waals surface area contributed by atoms with E-state index in [4.69, 9.17) is 13.6 Å². The van der Waals surface area contributed by atoms with Gasteiger partial charge >= 0.3 is 8.60 Å². The van der Waals surface area contributed by atoms with Crippen LogP contribution in [0.25, 0.3) is 0 Å². The van der Waals surface area contributed by atoms with Crippen LogP contribution in [0.15, 0.2) is 70.5 Å². The summed E-state index contributed by atoms with van der Waals surface area (Å²) in [6.07, 6.45) is 16.5. The van der Waals surface area contributed by atoms with Crippen LogP contribution in [0.5, 0.6) is 0 Å². The van der Waals surface area contributed by atoms with Gasteiger partial charge in [0, 0.05) is 0 Å². The van der Waals surface area contributed by atoms with E-state index in [1.807, 2.05) is 0 Å². The van der Waals surface area contributed by atoms with Crippen LogP contribution in [-0.4, -0.2) is 0 Å². The molecule has 3 aliphatic rings. The summed E-state index contributed by atoms with van der Waals surface area (Å²) in [6.45, 7) is 48.9. The van der Waals surface area contributed by atoms with Crippen molar-refractivity contribution in [2.45, 2.75) is 165 Å². The molecule has 0 saturated heterocycles. The van der Waals surface area contributed by atoms with Crippen LogP contribution in [0, 0.1) is 48.7 Å². The first kappa shape index (κ1) is 41.7. The van der Waals surface area contributed by atoms with E-state index >= 15 is 0 Å². The predicted molar refractivity (Wildman–Crippen MR) is 214 cm³/mol. The first-order chi connectivity index (χ1) is 21.6. The lowest BCUT2D eigenvalue weighted by Gasteiger charge is -2.46. The van der Waals surface area contributed by atoms with Crippen LogP contribution in [0.4, 0.5) is 0 Å². The van der Waals surface area contributed by atoms with E-state index in [-0.39, 0.29) is 48.7 Å². The lowest BCUT2D eigenvalue weighted by molar-refractivity contribution is 0.145. The van der Waals surface area contributed by atoms with E-state index < -0.39 is 8.60 Å². The minimum Gasteiger partial charge on any atom is -0.409 e. The van der Waals surface area contributed by atoms with Crippen molar-refractivity contribution in [1.29, 1.82) is 0 Å². The summed E-state index contributed by atoms with van der Waals surface area (Å²) in [4.78, 5) is 0. The Kier molecular flexibility index (Phi) is 11.1. The van der Waals surface area contributed by atoms with Crippen LogP contribution in [0.1, 0.15) is 165 Å². The first-order valence-electron chi connectivity index (χ1n) is 18.8. The van der Waals surface area contributed by atoms with Gasteiger partial charge < -0.3 is 13.6 Å². The molecular formula is C45H75O3P. The molecule has 0 amide bonds. The highest BCUT2D eigenvalue weighted by Gasteiger charge is 2.45. The summed E-state index contributed by atoms with van der Waals surface area (Å²) < 4.78 is 21.2. The fourth-order valence-corrected chi connectivity index (χ4v) is 7.73. The maximum atomic E-state index is 7.08. The van der Waals surface area contributed by atoms with Gasteiger partial charge in [-0.3, -0.25) is 0 Å². The fraction of sp³-hybridized carbons (Fsp3) is 0.733. The van der Waals surface area contributed by atoms with Crippen LogP contribution in [0.3, 0.4) is 0 Å². The highest BCUT2D eigenvalue weighted by atomic mass is 31.2. The highest BCUT2D eigenvalue weighted by molar-refractivity contribution is 7.42. The minimum absolute atomic E-state index is 0.00382. The van der Waals surface area contributed by atoms with Crippen LogP contribution >= 0.6 is 8.60 Å². The molecule has 3 unspecified atom stereocenters. The largest absolute Gasteiger partial charge is 0.530 e. The van der Waals surface area contributed by atoms with E-state index in [2.05, 4.69) is 182 Å². The van der Waals surface area contributed by atoms with Crippen LogP contribution in [0.2, 0.25) is 0 Å². The van der Waals surface area contributed by atoms with Gasteiger partial charge in [-0.05, 0) is 103 Å². The molecule has 0 aliphatic heterocycles. The van der Waals surface area contributed by atoms with Crippen molar-refractivity contribution in [3.05, 3.63) is 70.5 Å². The van der Waals surface area contributed by atoms with Crippen molar-refractivity contribution in [1.82, 2.24) is 0 Å². The molecule has 0 aromatic rings. The quantitative estimate of drug-likeness (QED) is 0.259. The zero-order valence-electron chi connectivity index (χ0n) is 35.8. The molecule has 4 heteroatoms. The SMILES string of the molecule is CC(C)(C)C1=C(OP(OC2=C(C(C)(C)C)CC(C)(C(C)(C)C)C=C2)OC2=C(C(C)(C)C)CC(C)(C(C)(C)C)C=C2)C=CC(C)(C(C)(C)C)C1. The summed E-state index contributed by atoms with van der Waals surface area (Å²) in [5, 5.41) is 0. The maximum absolute atomic E-state index is 7.08. The van der Waals surface area contributed by atoms with E-state index in [0.717, 1.165) is 36.5 Å². The Morgan fingerprint density at radius 3 is 0.776 bits per heavy atom. The highest BCUT2D eigenvalue weighted by Crippen LogP contribution is 2.59. The van der Waals surface area contributed by atoms with Crippen molar-refractivity contribution in [2.75, 3.05) is 0 Å². The Morgan fingerprint density at radius 1 is 0.408 bits per heavy atom. The Balaban J connectivity index is 2.22. The number of allylic oxidation sites excluding steroid dienone is 9. The maximum Gasteiger partial charge on any atom is 0.530 e. The van der Waals surface area contributed by atoms with E-state index in [9.17, 15) is 0 Å². The van der Waals surface area contributed by atoms with Gasteiger partial charge in [0.15, 0.2) is 0 Å². The second kappa shape index (κ2) is 13.0. The zero-order chi connectivity index (χ0) is 38.0. The predicted octanol–water partition coefficient (Wildman–Crippen LogP) is 15.2. The molecule has 3 aliphatic carbocycles. The lowest BCUT2D eigenvalue weighted by Crippen LogP contribution is -2.35. The third-order valence-corrected chi connectivity index (χ3v) is 13.7. The monoisotopic (exact) mass is 695 g/mol. The Morgan fingerprint density at radius 2 is 0.612 bits per heavy atom. The molecule has 0 fully saturated rings. The Hall–Kier alpha value is -1.73. The van der Waals surface area contributed by atoms with Gasteiger partial charge in [0.2, 0.25) is 0 Å². The molecule has 0 N–H and O–H groups in total. The molecule has 3 atom stereocenters. The topological polar surface area (TPSA) is 27.7 Å². The minimum atomic E-state index is -1.85. The first-order valence-corrected chi connectivity index (χ1v) is 19.9. The lowest BCUT2D eigenvalue weighted by atomic mass is 9.60. The van der Waals surface area contributed by atoms with E-state index in [1.165, 1.54) is 16.7 Å². The molecule has 0 heterocycles. The third-order valence-electron chi connectivity index (χ3n) is 12.7. The molecule has 3 rings (SSSR count). The molecule has 49 heavy (non-hydrogen) atoms. The van der Waals surface area contributed by atoms with Gasteiger partial charge in [-0.15, -0.1) is 0 Å². The molecule has 0 spiro atoms. The Labute approximate surface area is 305 Å². The second-order valence-electron chi connectivity index (χ2n) is 22.3. The molecule has 278 valence electrons. The van der Waals surface area contributed by atoms with Crippen LogP contribution < -0.4 is 0 Å². The van der Waals surface area contributed by atoms with E-state index in [1.54, 1.807) is 0 Å². The van der Waals surface area contributed by atoms with Gasteiger partial charge in [-0.25, -0.2) is 0 Å². The van der Waals surface area contributed by atoms with E-state index in [0.29, 0.717) is 0 Å². The number of hydrogen-bond donors (Lipinski definition) is 0. The zero-order valence-corrected chi connectivity index (χ0v) is 36.7. The van der Waals surface area contributed by atoms with Crippen LogP contribution in [-0.2, 0) is 13.6 Å². The van der Waals surface area contributed by atoms with Crippen molar-refractivity contribution in [3.8, 4) is 0 Å². The van der Waals surface area contributed by atoms with Crippen molar-refractivity contribution in [2.24, 2.45) is 48.7 Å². The normalized spacial score (nSPS) is 28.3. The smallest absolute Gasteiger partial charge is 0.409 e. The number of rotatable bonds is 6. The van der Waals surface area contributed by atoms with Crippen molar-refractivity contribution >= 4 is 8.60 Å². The molecule has 0 aromatic heterocycles. The summed E-state index contributed by atoms with van der Waals surface area (Å²) in [5.74, 6) is 2.65. The molecule has 3 nitrogen and oxygen atoms in total. The van der Waals surface area contributed by atoms with Gasteiger partial charge in [0.25, 0.3) is 0 Å². The van der Waals surface area contributed by atoms with Crippen molar-refractivity contribution in [3.63, 3.8) is 0 Å². The molecule has 0 saturated carbocycles. The third kappa shape index (κ3) is 9.02. The second-order valence-corrected chi connectivity index (χ2v) is 23.3. The standard InChI is InChI=1S/C45H75O3P/c1-37(2,3)31-28-43(19,40(10,11)12)25-22-34(31)46-49(47-35-23-26-44(20,41(13,14)15)29-32(35)38(4,5)6)48-36-24-27-45(21,42(16,17)18)30-33(36)39(7,8)9/h22-27H,28-30H2,1-21H3. The van der Waals surface area contributed by atoms with Gasteiger partial charge in [0.05, 0.1) is 0 Å². The van der Waals surface area contributed by atoms with Gasteiger partial charge in [-0.2, -0.15) is 0 Å².